The SMILES string of the molecule is CCCC(N[C@H](C)c1ccc(OC)cc1)C1CC1. The molecular weight excluding hydrogens is 222 g/mol. The summed E-state index contributed by atoms with van der Waals surface area (Å²) in [5.74, 6) is 1.85. The Balaban J connectivity index is 1.94. The zero-order valence-corrected chi connectivity index (χ0v) is 11.8. The second-order valence-electron chi connectivity index (χ2n) is 5.39. The Bertz CT molecular complexity index is 356. The number of ether oxygens (including phenoxy) is 1. The fraction of sp³-hybridized carbons (Fsp3) is 0.625. The fourth-order valence-electron chi connectivity index (χ4n) is 2.57. The zero-order valence-electron chi connectivity index (χ0n) is 11.8. The van der Waals surface area contributed by atoms with Gasteiger partial charge in [0.25, 0.3) is 0 Å². The Kier molecular flexibility index (Phi) is 4.65. The molecule has 2 nitrogen and oxygen atoms in total. The average Bonchev–Trinajstić information content (AvgIpc) is 3.22. The predicted molar refractivity (Wildman–Crippen MR) is 76.0 cm³/mol. The van der Waals surface area contributed by atoms with E-state index >= 15 is 0 Å². The molecule has 18 heavy (non-hydrogen) atoms. The van der Waals surface area contributed by atoms with Crippen molar-refractivity contribution in [3.63, 3.8) is 0 Å². The maximum absolute atomic E-state index is 5.20. The van der Waals surface area contributed by atoms with Gasteiger partial charge in [0, 0.05) is 12.1 Å². The van der Waals surface area contributed by atoms with Crippen LogP contribution in [0.25, 0.3) is 0 Å². The molecule has 0 bridgehead atoms. The van der Waals surface area contributed by atoms with Crippen LogP contribution >= 0.6 is 0 Å². The van der Waals surface area contributed by atoms with Crippen LogP contribution in [0.4, 0.5) is 0 Å². The molecule has 1 fully saturated rings. The molecule has 2 rings (SSSR count). The molecule has 0 saturated heterocycles. The maximum atomic E-state index is 5.20. The summed E-state index contributed by atoms with van der Waals surface area (Å²) in [4.78, 5) is 0. The van der Waals surface area contributed by atoms with E-state index in [0.29, 0.717) is 12.1 Å². The Morgan fingerprint density at radius 3 is 2.44 bits per heavy atom. The summed E-state index contributed by atoms with van der Waals surface area (Å²) < 4.78 is 5.20. The second-order valence-corrected chi connectivity index (χ2v) is 5.39. The van der Waals surface area contributed by atoms with Gasteiger partial charge in [0.05, 0.1) is 7.11 Å². The normalized spacial score (nSPS) is 18.4. The Morgan fingerprint density at radius 2 is 1.94 bits per heavy atom. The van der Waals surface area contributed by atoms with Crippen molar-refractivity contribution in [2.45, 2.75) is 51.6 Å². The van der Waals surface area contributed by atoms with Gasteiger partial charge in [-0.25, -0.2) is 0 Å². The summed E-state index contributed by atoms with van der Waals surface area (Å²) in [6, 6.07) is 9.53. The third-order valence-electron chi connectivity index (χ3n) is 3.87. The molecular formula is C16H25NO. The number of rotatable bonds is 7. The molecule has 0 heterocycles. The van der Waals surface area contributed by atoms with Crippen molar-refractivity contribution in [2.75, 3.05) is 7.11 Å². The summed E-state index contributed by atoms with van der Waals surface area (Å²) in [6.45, 7) is 4.53. The lowest BCUT2D eigenvalue weighted by Crippen LogP contribution is -2.33. The summed E-state index contributed by atoms with van der Waals surface area (Å²) in [6.07, 6.45) is 5.38. The molecule has 0 spiro atoms. The van der Waals surface area contributed by atoms with E-state index in [9.17, 15) is 0 Å². The minimum Gasteiger partial charge on any atom is -0.497 e. The molecule has 2 atom stereocenters. The van der Waals surface area contributed by atoms with Crippen LogP contribution in [-0.4, -0.2) is 13.2 Å². The summed E-state index contributed by atoms with van der Waals surface area (Å²) in [7, 11) is 1.71. The molecule has 100 valence electrons. The molecule has 2 heteroatoms. The monoisotopic (exact) mass is 247 g/mol. The highest BCUT2D eigenvalue weighted by atomic mass is 16.5. The topological polar surface area (TPSA) is 21.3 Å². The van der Waals surface area contributed by atoms with Gasteiger partial charge in [-0.05, 0) is 49.8 Å². The molecule has 1 aliphatic rings. The maximum Gasteiger partial charge on any atom is 0.118 e. The molecule has 0 radical (unpaired) electrons. The van der Waals surface area contributed by atoms with Crippen LogP contribution in [-0.2, 0) is 0 Å². The van der Waals surface area contributed by atoms with Gasteiger partial charge in [0.2, 0.25) is 0 Å². The lowest BCUT2D eigenvalue weighted by Gasteiger charge is -2.23. The minimum atomic E-state index is 0.424. The summed E-state index contributed by atoms with van der Waals surface area (Å²) in [5, 5.41) is 3.79. The standard InChI is InChI=1S/C16H25NO/c1-4-5-16(14-6-7-14)17-12(2)13-8-10-15(18-3)11-9-13/h8-12,14,16-17H,4-7H2,1-3H3/t12-,16?/m1/s1. The predicted octanol–water partition coefficient (Wildman–Crippen LogP) is 3.92. The number of nitrogens with one attached hydrogen (secondary N) is 1. The van der Waals surface area contributed by atoms with Crippen LogP contribution in [0, 0.1) is 5.92 Å². The molecule has 0 amide bonds. The smallest absolute Gasteiger partial charge is 0.118 e. The molecule has 1 aromatic rings. The van der Waals surface area contributed by atoms with E-state index in [1.807, 2.05) is 12.1 Å². The first-order chi connectivity index (χ1) is 8.74. The van der Waals surface area contributed by atoms with Crippen LogP contribution in [0.5, 0.6) is 5.75 Å². The van der Waals surface area contributed by atoms with E-state index in [4.69, 9.17) is 4.74 Å². The van der Waals surface area contributed by atoms with Gasteiger partial charge in [-0.2, -0.15) is 0 Å². The molecule has 0 aliphatic heterocycles. The Labute approximate surface area is 111 Å². The zero-order chi connectivity index (χ0) is 13.0. The van der Waals surface area contributed by atoms with Crippen LogP contribution in [0.15, 0.2) is 24.3 Å². The van der Waals surface area contributed by atoms with E-state index in [1.165, 1.54) is 31.2 Å². The van der Waals surface area contributed by atoms with E-state index in [-0.39, 0.29) is 0 Å². The Hall–Kier alpha value is -1.02. The number of hydrogen-bond acceptors (Lipinski definition) is 2. The van der Waals surface area contributed by atoms with Crippen molar-refractivity contribution < 1.29 is 4.74 Å². The van der Waals surface area contributed by atoms with Crippen LogP contribution in [0.1, 0.15) is 51.1 Å². The van der Waals surface area contributed by atoms with Gasteiger partial charge >= 0.3 is 0 Å². The highest BCUT2D eigenvalue weighted by molar-refractivity contribution is 5.28. The highest BCUT2D eigenvalue weighted by Crippen LogP contribution is 2.35. The van der Waals surface area contributed by atoms with Gasteiger partial charge in [-0.1, -0.05) is 25.5 Å². The largest absolute Gasteiger partial charge is 0.497 e. The fourth-order valence-corrected chi connectivity index (χ4v) is 2.57. The van der Waals surface area contributed by atoms with E-state index in [2.05, 4.69) is 31.3 Å². The first-order valence-electron chi connectivity index (χ1n) is 7.14. The van der Waals surface area contributed by atoms with Crippen molar-refractivity contribution in [2.24, 2.45) is 5.92 Å². The molecule has 0 aromatic heterocycles. The highest BCUT2D eigenvalue weighted by Gasteiger charge is 2.31. The number of benzene rings is 1. The van der Waals surface area contributed by atoms with Crippen LogP contribution < -0.4 is 10.1 Å². The minimum absolute atomic E-state index is 0.424. The molecule has 1 unspecified atom stereocenters. The van der Waals surface area contributed by atoms with Gasteiger partial charge < -0.3 is 10.1 Å². The molecule has 1 saturated carbocycles. The summed E-state index contributed by atoms with van der Waals surface area (Å²) in [5.41, 5.74) is 1.34. The van der Waals surface area contributed by atoms with E-state index < -0.39 is 0 Å². The van der Waals surface area contributed by atoms with Crippen LogP contribution in [0.3, 0.4) is 0 Å². The van der Waals surface area contributed by atoms with Crippen molar-refractivity contribution in [3.8, 4) is 5.75 Å². The van der Waals surface area contributed by atoms with Crippen molar-refractivity contribution >= 4 is 0 Å². The second kappa shape index (κ2) is 6.24. The van der Waals surface area contributed by atoms with Crippen molar-refractivity contribution in [1.82, 2.24) is 5.32 Å². The first kappa shape index (κ1) is 13.4. The van der Waals surface area contributed by atoms with Gasteiger partial charge in [0.15, 0.2) is 0 Å². The van der Waals surface area contributed by atoms with Gasteiger partial charge in [-0.3, -0.25) is 0 Å². The van der Waals surface area contributed by atoms with Crippen molar-refractivity contribution in [1.29, 1.82) is 0 Å². The Morgan fingerprint density at radius 1 is 1.28 bits per heavy atom. The molecule has 1 aromatic carbocycles. The molecule has 1 N–H and O–H groups in total. The first-order valence-corrected chi connectivity index (χ1v) is 7.14. The third-order valence-corrected chi connectivity index (χ3v) is 3.87. The quantitative estimate of drug-likeness (QED) is 0.788. The van der Waals surface area contributed by atoms with Crippen LogP contribution in [0.2, 0.25) is 0 Å². The molecule has 1 aliphatic carbocycles. The lowest BCUT2D eigenvalue weighted by molar-refractivity contribution is 0.389. The van der Waals surface area contributed by atoms with Crippen molar-refractivity contribution in [3.05, 3.63) is 29.8 Å². The van der Waals surface area contributed by atoms with E-state index in [1.54, 1.807) is 7.11 Å². The lowest BCUT2D eigenvalue weighted by atomic mass is 10.0. The van der Waals surface area contributed by atoms with E-state index in [0.717, 1.165) is 11.7 Å². The third kappa shape index (κ3) is 3.49. The van der Waals surface area contributed by atoms with Gasteiger partial charge in [0.1, 0.15) is 5.75 Å². The average molecular weight is 247 g/mol. The summed E-state index contributed by atoms with van der Waals surface area (Å²) >= 11 is 0. The van der Waals surface area contributed by atoms with Gasteiger partial charge in [-0.15, -0.1) is 0 Å². The number of methoxy groups -OCH3 is 1. The number of hydrogen-bond donors (Lipinski definition) is 1.